The molecule has 1 amide bonds. The Morgan fingerprint density at radius 1 is 1.11 bits per heavy atom. The number of alkyl halides is 3. The van der Waals surface area contributed by atoms with Gasteiger partial charge in [-0.25, -0.2) is 8.42 Å². The number of ether oxygens (including phenoxy) is 1. The van der Waals surface area contributed by atoms with Crippen molar-refractivity contribution in [2.45, 2.75) is 6.18 Å². The zero-order valence-corrected chi connectivity index (χ0v) is 15.3. The number of carbonyl (C=O) groups is 1. The Morgan fingerprint density at radius 2 is 1.70 bits per heavy atom. The van der Waals surface area contributed by atoms with Crippen molar-refractivity contribution in [3.8, 4) is 5.75 Å². The van der Waals surface area contributed by atoms with Crippen LogP contribution in [0.4, 0.5) is 24.5 Å². The summed E-state index contributed by atoms with van der Waals surface area (Å²) in [6.07, 6.45) is -3.78. The number of sulfonamides is 1. The average molecular weight is 402 g/mol. The van der Waals surface area contributed by atoms with Gasteiger partial charge < -0.3 is 10.1 Å². The molecule has 2 aromatic rings. The van der Waals surface area contributed by atoms with E-state index in [2.05, 4.69) is 5.32 Å². The van der Waals surface area contributed by atoms with Gasteiger partial charge in [-0.3, -0.25) is 9.10 Å². The molecule has 0 radical (unpaired) electrons. The molecule has 0 bridgehead atoms. The topological polar surface area (TPSA) is 75.7 Å². The number of nitrogens with one attached hydrogen (secondary N) is 1. The van der Waals surface area contributed by atoms with Gasteiger partial charge in [0.15, 0.2) is 0 Å². The average Bonchev–Trinajstić information content (AvgIpc) is 2.58. The van der Waals surface area contributed by atoms with E-state index < -0.39 is 39.9 Å². The van der Waals surface area contributed by atoms with Gasteiger partial charge in [-0.2, -0.15) is 13.2 Å². The molecule has 10 heteroatoms. The second kappa shape index (κ2) is 7.87. The first kappa shape index (κ1) is 20.6. The molecule has 146 valence electrons. The summed E-state index contributed by atoms with van der Waals surface area (Å²) >= 11 is 0. The van der Waals surface area contributed by atoms with Crippen LogP contribution in [0.2, 0.25) is 0 Å². The highest BCUT2D eigenvalue weighted by Gasteiger charge is 2.34. The summed E-state index contributed by atoms with van der Waals surface area (Å²) in [5.41, 5.74) is -1.38. The lowest BCUT2D eigenvalue weighted by molar-refractivity contribution is -0.137. The van der Waals surface area contributed by atoms with Gasteiger partial charge in [0.1, 0.15) is 12.3 Å². The molecule has 0 aliphatic carbocycles. The van der Waals surface area contributed by atoms with Gasteiger partial charge in [0, 0.05) is 0 Å². The van der Waals surface area contributed by atoms with Crippen molar-refractivity contribution in [2.75, 3.05) is 29.5 Å². The van der Waals surface area contributed by atoms with Crippen molar-refractivity contribution in [1.82, 2.24) is 0 Å². The molecule has 0 atom stereocenters. The van der Waals surface area contributed by atoms with E-state index in [1.807, 2.05) is 0 Å². The molecule has 1 N–H and O–H groups in total. The second-order valence-electron chi connectivity index (χ2n) is 5.53. The van der Waals surface area contributed by atoms with Gasteiger partial charge in [-0.1, -0.05) is 24.3 Å². The fourth-order valence-corrected chi connectivity index (χ4v) is 3.24. The van der Waals surface area contributed by atoms with E-state index in [4.69, 9.17) is 4.74 Å². The molecule has 6 nitrogen and oxygen atoms in total. The largest absolute Gasteiger partial charge is 0.495 e. The molecule has 0 saturated heterocycles. The molecule has 2 aromatic carbocycles. The fraction of sp³-hybridized carbons (Fsp3) is 0.235. The first-order valence-electron chi connectivity index (χ1n) is 7.61. The summed E-state index contributed by atoms with van der Waals surface area (Å²) in [7, 11) is -2.57. The van der Waals surface area contributed by atoms with E-state index in [0.29, 0.717) is 0 Å². The number of hydrogen-bond acceptors (Lipinski definition) is 4. The van der Waals surface area contributed by atoms with E-state index in [-0.39, 0.29) is 11.4 Å². The Hall–Kier alpha value is -2.75. The Bertz CT molecular complexity index is 930. The van der Waals surface area contributed by atoms with E-state index in [9.17, 15) is 26.4 Å². The highest BCUT2D eigenvalue weighted by atomic mass is 32.2. The Morgan fingerprint density at radius 3 is 2.30 bits per heavy atom. The van der Waals surface area contributed by atoms with Gasteiger partial charge in [0.05, 0.1) is 30.3 Å². The summed E-state index contributed by atoms with van der Waals surface area (Å²) in [6, 6.07) is 10.5. The Kier molecular flexibility index (Phi) is 5.99. The molecular weight excluding hydrogens is 385 g/mol. The fourth-order valence-electron chi connectivity index (χ4n) is 2.38. The highest BCUT2D eigenvalue weighted by molar-refractivity contribution is 7.92. The van der Waals surface area contributed by atoms with Crippen LogP contribution in [0.15, 0.2) is 48.5 Å². The van der Waals surface area contributed by atoms with Crippen LogP contribution in [-0.2, 0) is 21.0 Å². The maximum Gasteiger partial charge on any atom is 0.418 e. The number of hydrogen-bond donors (Lipinski definition) is 1. The first-order valence-corrected chi connectivity index (χ1v) is 9.45. The van der Waals surface area contributed by atoms with Crippen molar-refractivity contribution in [3.63, 3.8) is 0 Å². The normalized spacial score (nSPS) is 11.7. The number of benzene rings is 2. The van der Waals surface area contributed by atoms with Crippen molar-refractivity contribution < 1.29 is 31.1 Å². The smallest absolute Gasteiger partial charge is 0.418 e. The number of para-hydroxylation sites is 3. The van der Waals surface area contributed by atoms with Crippen molar-refractivity contribution in [3.05, 3.63) is 54.1 Å². The van der Waals surface area contributed by atoms with Gasteiger partial charge in [-0.15, -0.1) is 0 Å². The maximum absolute atomic E-state index is 13.0. The zero-order valence-electron chi connectivity index (χ0n) is 14.4. The van der Waals surface area contributed by atoms with Gasteiger partial charge in [0.2, 0.25) is 15.9 Å². The molecule has 0 spiro atoms. The lowest BCUT2D eigenvalue weighted by Gasteiger charge is -2.24. The van der Waals surface area contributed by atoms with Gasteiger partial charge >= 0.3 is 6.18 Å². The van der Waals surface area contributed by atoms with Crippen LogP contribution in [-0.4, -0.2) is 34.2 Å². The van der Waals surface area contributed by atoms with E-state index in [1.54, 1.807) is 12.1 Å². The van der Waals surface area contributed by atoms with Crippen LogP contribution in [0.1, 0.15) is 5.56 Å². The molecular formula is C17H17F3N2O4S. The molecule has 0 aliphatic rings. The number of carbonyl (C=O) groups excluding carboxylic acids is 1. The van der Waals surface area contributed by atoms with E-state index >= 15 is 0 Å². The third-order valence-corrected chi connectivity index (χ3v) is 4.67. The zero-order chi connectivity index (χ0) is 20.2. The third kappa shape index (κ3) is 5.13. The van der Waals surface area contributed by atoms with Crippen LogP contribution >= 0.6 is 0 Å². The number of anilines is 2. The molecule has 0 unspecified atom stereocenters. The van der Waals surface area contributed by atoms with E-state index in [1.165, 1.54) is 31.4 Å². The molecule has 0 saturated carbocycles. The Labute approximate surface area is 154 Å². The molecule has 0 aliphatic heterocycles. The van der Waals surface area contributed by atoms with E-state index in [0.717, 1.165) is 22.7 Å². The van der Waals surface area contributed by atoms with Gasteiger partial charge in [-0.05, 0) is 24.3 Å². The van der Waals surface area contributed by atoms with Crippen LogP contribution in [0.5, 0.6) is 5.75 Å². The molecule has 0 fully saturated rings. The van der Waals surface area contributed by atoms with Crippen LogP contribution < -0.4 is 14.4 Å². The van der Waals surface area contributed by atoms with Crippen molar-refractivity contribution in [1.29, 1.82) is 0 Å². The summed E-state index contributed by atoms with van der Waals surface area (Å²) in [6.45, 7) is -0.717. The number of amides is 1. The molecule has 0 heterocycles. The van der Waals surface area contributed by atoms with Crippen molar-refractivity contribution >= 4 is 27.3 Å². The lowest BCUT2D eigenvalue weighted by Crippen LogP contribution is -2.37. The van der Waals surface area contributed by atoms with Crippen LogP contribution in [0, 0.1) is 0 Å². The number of halogens is 3. The summed E-state index contributed by atoms with van der Waals surface area (Å²) < 4.78 is 69.2. The predicted molar refractivity (Wildman–Crippen MR) is 95.3 cm³/mol. The standard InChI is InChI=1S/C17H17F3N2O4S/c1-26-15-10-6-5-9-14(15)22(27(2,24)25)11-16(23)21-13-8-4-3-7-12(13)17(18,19)20/h3-10H,11H2,1-2H3,(H,21,23). The van der Waals surface area contributed by atoms with Crippen molar-refractivity contribution in [2.24, 2.45) is 0 Å². The summed E-state index contributed by atoms with van der Waals surface area (Å²) in [4.78, 5) is 12.3. The highest BCUT2D eigenvalue weighted by Crippen LogP contribution is 2.35. The second-order valence-corrected chi connectivity index (χ2v) is 7.44. The minimum atomic E-state index is -4.66. The number of nitrogens with zero attached hydrogens (tertiary/aromatic N) is 1. The Balaban J connectivity index is 2.32. The van der Waals surface area contributed by atoms with Crippen LogP contribution in [0.25, 0.3) is 0 Å². The number of rotatable bonds is 6. The quantitative estimate of drug-likeness (QED) is 0.806. The van der Waals surface area contributed by atoms with Gasteiger partial charge in [0.25, 0.3) is 0 Å². The molecule has 0 aromatic heterocycles. The minimum Gasteiger partial charge on any atom is -0.495 e. The molecule has 27 heavy (non-hydrogen) atoms. The molecule has 2 rings (SSSR count). The SMILES string of the molecule is COc1ccccc1N(CC(=O)Nc1ccccc1C(F)(F)F)S(C)(=O)=O. The minimum absolute atomic E-state index is 0.0988. The number of methoxy groups -OCH3 is 1. The maximum atomic E-state index is 13.0. The third-order valence-electron chi connectivity index (χ3n) is 3.55. The summed E-state index contributed by atoms with van der Waals surface area (Å²) in [5.74, 6) is -0.727. The first-order chi connectivity index (χ1) is 12.5. The summed E-state index contributed by atoms with van der Waals surface area (Å²) in [5, 5.41) is 2.12. The predicted octanol–water partition coefficient (Wildman–Crippen LogP) is 3.12. The lowest BCUT2D eigenvalue weighted by atomic mass is 10.1. The van der Waals surface area contributed by atoms with Crippen LogP contribution in [0.3, 0.4) is 0 Å². The monoisotopic (exact) mass is 402 g/mol.